The lowest BCUT2D eigenvalue weighted by molar-refractivity contribution is -0.131. The van der Waals surface area contributed by atoms with Gasteiger partial charge in [-0.15, -0.1) is 0 Å². The molecule has 1 N–H and O–H groups in total. The van der Waals surface area contributed by atoms with E-state index in [1.807, 2.05) is 54.6 Å². The SMILES string of the molecule is CN(C)C(=O)CNC(=O)COc1ccc(-c2ccccc2)cc1. The van der Waals surface area contributed by atoms with E-state index in [1.54, 1.807) is 14.1 Å². The lowest BCUT2D eigenvalue weighted by Crippen LogP contribution is -2.38. The first-order valence-electron chi connectivity index (χ1n) is 7.31. The van der Waals surface area contributed by atoms with Crippen LogP contribution in [0.5, 0.6) is 5.75 Å². The fraction of sp³-hybridized carbons (Fsp3) is 0.222. The molecule has 0 saturated carbocycles. The molecule has 2 aromatic rings. The molecule has 0 aromatic heterocycles. The summed E-state index contributed by atoms with van der Waals surface area (Å²) >= 11 is 0. The first-order valence-corrected chi connectivity index (χ1v) is 7.31. The molecule has 2 aromatic carbocycles. The molecule has 2 amide bonds. The second-order valence-electron chi connectivity index (χ2n) is 5.24. The molecule has 0 aliphatic carbocycles. The molecule has 0 atom stereocenters. The Morgan fingerprint density at radius 1 is 0.957 bits per heavy atom. The molecule has 120 valence electrons. The smallest absolute Gasteiger partial charge is 0.258 e. The number of likely N-dealkylation sites (N-methyl/N-ethyl adjacent to an activating group) is 1. The number of nitrogens with zero attached hydrogens (tertiary/aromatic N) is 1. The van der Waals surface area contributed by atoms with Gasteiger partial charge in [-0.3, -0.25) is 9.59 Å². The fourth-order valence-electron chi connectivity index (χ4n) is 1.91. The van der Waals surface area contributed by atoms with Gasteiger partial charge < -0.3 is 15.0 Å². The van der Waals surface area contributed by atoms with Crippen molar-refractivity contribution in [1.82, 2.24) is 10.2 Å². The summed E-state index contributed by atoms with van der Waals surface area (Å²) < 4.78 is 5.41. The van der Waals surface area contributed by atoms with Crippen LogP contribution in [0.4, 0.5) is 0 Å². The normalized spacial score (nSPS) is 10.0. The van der Waals surface area contributed by atoms with Crippen molar-refractivity contribution >= 4 is 11.8 Å². The van der Waals surface area contributed by atoms with Crippen LogP contribution in [0.3, 0.4) is 0 Å². The monoisotopic (exact) mass is 312 g/mol. The van der Waals surface area contributed by atoms with Gasteiger partial charge in [0.1, 0.15) is 5.75 Å². The lowest BCUT2D eigenvalue weighted by atomic mass is 10.1. The molecule has 0 radical (unpaired) electrons. The largest absolute Gasteiger partial charge is 0.484 e. The first-order chi connectivity index (χ1) is 11.1. The number of hydrogen-bond acceptors (Lipinski definition) is 3. The van der Waals surface area contributed by atoms with Crippen LogP contribution in [0.1, 0.15) is 0 Å². The van der Waals surface area contributed by atoms with Crippen LogP contribution in [0.15, 0.2) is 54.6 Å². The minimum absolute atomic E-state index is 0.0257. The van der Waals surface area contributed by atoms with Crippen molar-refractivity contribution in [2.45, 2.75) is 0 Å². The molecule has 0 aliphatic heterocycles. The van der Waals surface area contributed by atoms with E-state index in [4.69, 9.17) is 4.74 Å². The topological polar surface area (TPSA) is 58.6 Å². The van der Waals surface area contributed by atoms with Gasteiger partial charge in [0.2, 0.25) is 5.91 Å². The molecule has 2 rings (SSSR count). The van der Waals surface area contributed by atoms with Gasteiger partial charge in [-0.2, -0.15) is 0 Å². The van der Waals surface area contributed by atoms with Crippen LogP contribution in [-0.4, -0.2) is 44.0 Å². The van der Waals surface area contributed by atoms with Crippen molar-refractivity contribution < 1.29 is 14.3 Å². The molecule has 23 heavy (non-hydrogen) atoms. The van der Waals surface area contributed by atoms with Gasteiger partial charge in [0.05, 0.1) is 6.54 Å². The Hall–Kier alpha value is -2.82. The van der Waals surface area contributed by atoms with Crippen molar-refractivity contribution in [1.29, 1.82) is 0 Å². The number of ether oxygens (including phenoxy) is 1. The highest BCUT2D eigenvalue weighted by molar-refractivity contribution is 5.85. The standard InChI is InChI=1S/C18H20N2O3/c1-20(2)18(22)12-19-17(21)13-23-16-10-8-15(9-11-16)14-6-4-3-5-7-14/h3-11H,12-13H2,1-2H3,(H,19,21). The second-order valence-corrected chi connectivity index (χ2v) is 5.24. The number of nitrogens with one attached hydrogen (secondary N) is 1. The molecule has 5 heteroatoms. The van der Waals surface area contributed by atoms with Crippen molar-refractivity contribution in [3.05, 3.63) is 54.6 Å². The fourth-order valence-corrected chi connectivity index (χ4v) is 1.91. The van der Waals surface area contributed by atoms with Crippen LogP contribution in [-0.2, 0) is 9.59 Å². The maximum absolute atomic E-state index is 11.6. The van der Waals surface area contributed by atoms with Crippen LogP contribution in [0.2, 0.25) is 0 Å². The molecular formula is C18H20N2O3. The van der Waals surface area contributed by atoms with Crippen LogP contribution < -0.4 is 10.1 Å². The van der Waals surface area contributed by atoms with Crippen LogP contribution in [0, 0.1) is 0 Å². The molecular weight excluding hydrogens is 292 g/mol. The van der Waals surface area contributed by atoms with Gasteiger partial charge in [0.15, 0.2) is 6.61 Å². The molecule has 0 heterocycles. The average molecular weight is 312 g/mol. The van der Waals surface area contributed by atoms with Gasteiger partial charge in [-0.05, 0) is 23.3 Å². The Morgan fingerprint density at radius 2 is 1.57 bits per heavy atom. The zero-order valence-electron chi connectivity index (χ0n) is 13.3. The molecule has 0 unspecified atom stereocenters. The van der Waals surface area contributed by atoms with Gasteiger partial charge in [0, 0.05) is 14.1 Å². The van der Waals surface area contributed by atoms with Crippen molar-refractivity contribution in [2.75, 3.05) is 27.2 Å². The predicted octanol–water partition coefficient (Wildman–Crippen LogP) is 1.94. The number of carbonyl (C=O) groups excluding carboxylic acids is 2. The summed E-state index contributed by atoms with van der Waals surface area (Å²) in [6.07, 6.45) is 0. The zero-order chi connectivity index (χ0) is 16.7. The first kappa shape index (κ1) is 16.5. The van der Waals surface area contributed by atoms with Gasteiger partial charge in [-0.25, -0.2) is 0 Å². The van der Waals surface area contributed by atoms with E-state index in [1.165, 1.54) is 4.90 Å². The Morgan fingerprint density at radius 3 is 2.17 bits per heavy atom. The van der Waals surface area contributed by atoms with E-state index in [9.17, 15) is 9.59 Å². The quantitative estimate of drug-likeness (QED) is 0.887. The molecule has 0 fully saturated rings. The minimum atomic E-state index is -0.327. The summed E-state index contributed by atoms with van der Waals surface area (Å²) in [6.45, 7) is -0.145. The highest BCUT2D eigenvalue weighted by Crippen LogP contribution is 2.21. The molecule has 0 saturated heterocycles. The van der Waals surface area contributed by atoms with E-state index in [0.717, 1.165) is 11.1 Å². The van der Waals surface area contributed by atoms with Crippen molar-refractivity contribution in [3.63, 3.8) is 0 Å². The molecule has 5 nitrogen and oxygen atoms in total. The van der Waals surface area contributed by atoms with E-state index in [-0.39, 0.29) is 25.0 Å². The number of amides is 2. The number of hydrogen-bond donors (Lipinski definition) is 1. The third-order valence-corrected chi connectivity index (χ3v) is 3.27. The minimum Gasteiger partial charge on any atom is -0.484 e. The summed E-state index contributed by atoms with van der Waals surface area (Å²) in [5.74, 6) is 0.122. The Bertz CT molecular complexity index is 652. The average Bonchev–Trinajstić information content (AvgIpc) is 2.59. The van der Waals surface area contributed by atoms with E-state index in [2.05, 4.69) is 5.32 Å². The summed E-state index contributed by atoms with van der Waals surface area (Å²) in [4.78, 5) is 24.4. The van der Waals surface area contributed by atoms with Crippen LogP contribution >= 0.6 is 0 Å². The molecule has 0 aliphatic rings. The summed E-state index contributed by atoms with van der Waals surface area (Å²) in [5, 5.41) is 2.52. The number of carbonyl (C=O) groups is 2. The Labute approximate surface area is 135 Å². The lowest BCUT2D eigenvalue weighted by Gasteiger charge is -2.11. The second kappa shape index (κ2) is 7.98. The maximum atomic E-state index is 11.6. The van der Waals surface area contributed by atoms with E-state index >= 15 is 0 Å². The van der Waals surface area contributed by atoms with Crippen LogP contribution in [0.25, 0.3) is 11.1 Å². The Kier molecular flexibility index (Phi) is 5.74. The van der Waals surface area contributed by atoms with Gasteiger partial charge in [-0.1, -0.05) is 42.5 Å². The predicted molar refractivity (Wildman–Crippen MR) is 89.1 cm³/mol. The third-order valence-electron chi connectivity index (χ3n) is 3.27. The van der Waals surface area contributed by atoms with E-state index < -0.39 is 0 Å². The maximum Gasteiger partial charge on any atom is 0.258 e. The van der Waals surface area contributed by atoms with E-state index in [0.29, 0.717) is 5.75 Å². The highest BCUT2D eigenvalue weighted by Gasteiger charge is 2.07. The third kappa shape index (κ3) is 5.14. The van der Waals surface area contributed by atoms with Crippen molar-refractivity contribution in [2.24, 2.45) is 0 Å². The van der Waals surface area contributed by atoms with Gasteiger partial charge in [0.25, 0.3) is 5.91 Å². The number of benzene rings is 2. The summed E-state index contributed by atoms with van der Waals surface area (Å²) in [5.41, 5.74) is 2.21. The summed E-state index contributed by atoms with van der Waals surface area (Å²) in [6, 6.07) is 17.5. The Balaban J connectivity index is 1.82. The molecule has 0 spiro atoms. The van der Waals surface area contributed by atoms with Crippen molar-refractivity contribution in [3.8, 4) is 16.9 Å². The van der Waals surface area contributed by atoms with Gasteiger partial charge >= 0.3 is 0 Å². The highest BCUT2D eigenvalue weighted by atomic mass is 16.5. The summed E-state index contributed by atoms with van der Waals surface area (Å²) in [7, 11) is 3.28. The zero-order valence-corrected chi connectivity index (χ0v) is 13.3. The molecule has 0 bridgehead atoms. The number of rotatable bonds is 6.